The van der Waals surface area contributed by atoms with E-state index in [2.05, 4.69) is 39.2 Å². The van der Waals surface area contributed by atoms with Crippen LogP contribution in [-0.4, -0.2) is 26.9 Å². The fraction of sp³-hybridized carbons (Fsp3) is 0.588. The van der Waals surface area contributed by atoms with Crippen LogP contribution in [0.4, 0.5) is 5.69 Å². The third kappa shape index (κ3) is 3.70. The molecular formula is C17H27NO3Si. The van der Waals surface area contributed by atoms with Gasteiger partial charge in [-0.1, -0.05) is 26.8 Å². The van der Waals surface area contributed by atoms with E-state index in [1.807, 2.05) is 25.1 Å². The number of rotatable bonds is 4. The smallest absolute Gasteiger partial charge is 0.265 e. The van der Waals surface area contributed by atoms with Gasteiger partial charge in [0.2, 0.25) is 0 Å². The number of anilines is 1. The Kier molecular flexibility index (Phi) is 4.68. The lowest BCUT2D eigenvalue weighted by atomic mass is 10.1. The van der Waals surface area contributed by atoms with Crippen molar-refractivity contribution in [3.05, 3.63) is 23.8 Å². The molecule has 1 heterocycles. The molecule has 0 spiro atoms. The number of hydrogen-bond donors (Lipinski definition) is 1. The third-order valence-electron chi connectivity index (χ3n) is 4.60. The SMILES string of the molecule is Cc1ccc2c(c1)NC(=O)C(CCO[Si](C)(C)C(C)(C)C)O2. The maximum atomic E-state index is 12.1. The van der Waals surface area contributed by atoms with Crippen molar-refractivity contribution in [3.8, 4) is 5.75 Å². The highest BCUT2D eigenvalue weighted by atomic mass is 28.4. The van der Waals surface area contributed by atoms with Crippen LogP contribution < -0.4 is 10.1 Å². The Morgan fingerprint density at radius 3 is 2.64 bits per heavy atom. The number of fused-ring (bicyclic) bond motifs is 1. The van der Waals surface area contributed by atoms with Gasteiger partial charge in [-0.15, -0.1) is 0 Å². The average Bonchev–Trinajstić information content (AvgIpc) is 2.38. The molecule has 0 radical (unpaired) electrons. The van der Waals surface area contributed by atoms with Crippen LogP contribution in [0, 0.1) is 6.92 Å². The quantitative estimate of drug-likeness (QED) is 0.849. The van der Waals surface area contributed by atoms with Gasteiger partial charge < -0.3 is 14.5 Å². The van der Waals surface area contributed by atoms with E-state index in [1.165, 1.54) is 0 Å². The topological polar surface area (TPSA) is 47.6 Å². The molecule has 1 atom stereocenters. The van der Waals surface area contributed by atoms with Crippen molar-refractivity contribution < 1.29 is 14.0 Å². The van der Waals surface area contributed by atoms with Gasteiger partial charge in [0.05, 0.1) is 5.69 Å². The van der Waals surface area contributed by atoms with E-state index >= 15 is 0 Å². The molecule has 1 amide bonds. The Bertz CT molecular complexity index is 564. The number of ether oxygens (including phenoxy) is 1. The summed E-state index contributed by atoms with van der Waals surface area (Å²) in [7, 11) is -1.78. The number of nitrogens with one attached hydrogen (secondary N) is 1. The Balaban J connectivity index is 1.95. The minimum Gasteiger partial charge on any atom is -0.478 e. The normalized spacial score (nSPS) is 18.5. The van der Waals surface area contributed by atoms with E-state index < -0.39 is 14.4 Å². The van der Waals surface area contributed by atoms with Crippen molar-refractivity contribution in [2.24, 2.45) is 0 Å². The molecule has 0 bridgehead atoms. The lowest BCUT2D eigenvalue weighted by Gasteiger charge is -2.36. The molecule has 2 rings (SSSR count). The lowest BCUT2D eigenvalue weighted by Crippen LogP contribution is -2.43. The maximum Gasteiger partial charge on any atom is 0.265 e. The molecule has 0 fully saturated rings. The van der Waals surface area contributed by atoms with Crippen LogP contribution >= 0.6 is 0 Å². The third-order valence-corrected chi connectivity index (χ3v) is 9.14. The number of benzene rings is 1. The average molecular weight is 321 g/mol. The van der Waals surface area contributed by atoms with E-state index in [1.54, 1.807) is 0 Å². The van der Waals surface area contributed by atoms with E-state index in [0.717, 1.165) is 17.0 Å². The zero-order valence-corrected chi connectivity index (χ0v) is 15.4. The van der Waals surface area contributed by atoms with Crippen LogP contribution in [0.1, 0.15) is 32.8 Å². The highest BCUT2D eigenvalue weighted by Crippen LogP contribution is 2.37. The van der Waals surface area contributed by atoms with Gasteiger partial charge >= 0.3 is 0 Å². The Hall–Kier alpha value is -1.33. The highest BCUT2D eigenvalue weighted by molar-refractivity contribution is 6.74. The summed E-state index contributed by atoms with van der Waals surface area (Å²) in [6.45, 7) is 13.6. The molecular weight excluding hydrogens is 294 g/mol. The summed E-state index contributed by atoms with van der Waals surface area (Å²) in [6, 6.07) is 5.82. The number of hydrogen-bond acceptors (Lipinski definition) is 3. The van der Waals surface area contributed by atoms with E-state index in [4.69, 9.17) is 9.16 Å². The molecule has 122 valence electrons. The summed E-state index contributed by atoms with van der Waals surface area (Å²) in [5.41, 5.74) is 1.86. The zero-order valence-electron chi connectivity index (χ0n) is 14.4. The van der Waals surface area contributed by atoms with Gasteiger partial charge in [-0.2, -0.15) is 0 Å². The molecule has 0 aromatic heterocycles. The molecule has 0 saturated heterocycles. The summed E-state index contributed by atoms with van der Waals surface area (Å²) in [4.78, 5) is 12.1. The Morgan fingerprint density at radius 1 is 1.32 bits per heavy atom. The fourth-order valence-corrected chi connectivity index (χ4v) is 3.15. The fourth-order valence-electron chi connectivity index (χ4n) is 2.09. The first-order valence-corrected chi connectivity index (χ1v) is 10.7. The minimum atomic E-state index is -1.78. The minimum absolute atomic E-state index is 0.0862. The van der Waals surface area contributed by atoms with Crippen molar-refractivity contribution >= 4 is 19.9 Å². The van der Waals surface area contributed by atoms with Crippen LogP contribution in [0.25, 0.3) is 0 Å². The molecule has 5 heteroatoms. The summed E-state index contributed by atoms with van der Waals surface area (Å²) in [6.07, 6.45) is 0.103. The number of aryl methyl sites for hydroxylation is 1. The molecule has 1 aromatic carbocycles. The Labute approximate surface area is 134 Å². The molecule has 1 aromatic rings. The van der Waals surface area contributed by atoms with Gasteiger partial charge in [-0.05, 0) is 42.8 Å². The van der Waals surface area contributed by atoms with Crippen molar-refractivity contribution in [3.63, 3.8) is 0 Å². The predicted octanol–water partition coefficient (Wildman–Crippen LogP) is 4.11. The maximum absolute atomic E-state index is 12.1. The summed E-state index contributed by atoms with van der Waals surface area (Å²) >= 11 is 0. The monoisotopic (exact) mass is 321 g/mol. The summed E-state index contributed by atoms with van der Waals surface area (Å²) in [5.74, 6) is 0.652. The molecule has 22 heavy (non-hydrogen) atoms. The van der Waals surface area contributed by atoms with E-state index in [9.17, 15) is 4.79 Å². The standard InChI is InChI=1S/C17H27NO3Si/c1-12-7-8-14-13(11-12)18-16(19)15(21-14)9-10-20-22(5,6)17(2,3)4/h7-8,11,15H,9-10H2,1-6H3,(H,18,19). The van der Waals surface area contributed by atoms with Gasteiger partial charge in [0.25, 0.3) is 5.91 Å². The molecule has 1 N–H and O–H groups in total. The molecule has 0 saturated carbocycles. The second-order valence-corrected chi connectivity index (χ2v) is 12.3. The molecule has 4 nitrogen and oxygen atoms in total. The van der Waals surface area contributed by atoms with E-state index in [0.29, 0.717) is 13.0 Å². The largest absolute Gasteiger partial charge is 0.478 e. The van der Waals surface area contributed by atoms with Gasteiger partial charge in [0, 0.05) is 13.0 Å². The van der Waals surface area contributed by atoms with Gasteiger partial charge in [0.15, 0.2) is 14.4 Å². The van der Waals surface area contributed by atoms with Crippen molar-refractivity contribution in [2.75, 3.05) is 11.9 Å². The zero-order chi connectivity index (χ0) is 16.5. The summed E-state index contributed by atoms with van der Waals surface area (Å²) in [5, 5.41) is 3.09. The predicted molar refractivity (Wildman–Crippen MR) is 92.0 cm³/mol. The number of carbonyl (C=O) groups is 1. The second kappa shape index (κ2) is 6.05. The van der Waals surface area contributed by atoms with Crippen LogP contribution in [0.15, 0.2) is 18.2 Å². The van der Waals surface area contributed by atoms with Gasteiger partial charge in [0.1, 0.15) is 5.75 Å². The Morgan fingerprint density at radius 2 is 2.00 bits per heavy atom. The van der Waals surface area contributed by atoms with E-state index in [-0.39, 0.29) is 10.9 Å². The second-order valence-electron chi connectivity index (χ2n) is 7.49. The van der Waals surface area contributed by atoms with Crippen LogP contribution in [0.3, 0.4) is 0 Å². The molecule has 1 aliphatic rings. The number of carbonyl (C=O) groups excluding carboxylic acids is 1. The molecule has 0 aliphatic carbocycles. The molecule has 1 aliphatic heterocycles. The molecule has 1 unspecified atom stereocenters. The van der Waals surface area contributed by atoms with Crippen molar-refractivity contribution in [1.29, 1.82) is 0 Å². The van der Waals surface area contributed by atoms with Crippen LogP contribution in [0.2, 0.25) is 18.1 Å². The van der Waals surface area contributed by atoms with Crippen molar-refractivity contribution in [2.45, 2.75) is 58.4 Å². The van der Waals surface area contributed by atoms with Gasteiger partial charge in [-0.25, -0.2) is 0 Å². The lowest BCUT2D eigenvalue weighted by molar-refractivity contribution is -0.124. The summed E-state index contributed by atoms with van der Waals surface area (Å²) < 4.78 is 12.0. The van der Waals surface area contributed by atoms with Crippen LogP contribution in [-0.2, 0) is 9.22 Å². The first-order chi connectivity index (χ1) is 10.1. The first-order valence-electron chi connectivity index (χ1n) is 7.82. The first kappa shape index (κ1) is 17.0. The van der Waals surface area contributed by atoms with Crippen molar-refractivity contribution in [1.82, 2.24) is 0 Å². The number of amides is 1. The van der Waals surface area contributed by atoms with Gasteiger partial charge in [-0.3, -0.25) is 4.79 Å². The highest BCUT2D eigenvalue weighted by Gasteiger charge is 2.37. The van der Waals surface area contributed by atoms with Crippen LogP contribution in [0.5, 0.6) is 5.75 Å².